The van der Waals surface area contributed by atoms with Crippen LogP contribution in [0.5, 0.6) is 0 Å². The van der Waals surface area contributed by atoms with Crippen LogP contribution in [0, 0.1) is 5.92 Å². The third kappa shape index (κ3) is 3.01. The molecule has 19 heavy (non-hydrogen) atoms. The van der Waals surface area contributed by atoms with Gasteiger partial charge in [-0.25, -0.2) is 0 Å². The summed E-state index contributed by atoms with van der Waals surface area (Å²) in [6, 6.07) is 10.5. The Morgan fingerprint density at radius 2 is 1.95 bits per heavy atom. The molecule has 2 heterocycles. The van der Waals surface area contributed by atoms with E-state index in [9.17, 15) is 0 Å². The van der Waals surface area contributed by atoms with Gasteiger partial charge in [-0.15, -0.1) is 0 Å². The van der Waals surface area contributed by atoms with Crippen LogP contribution >= 0.6 is 0 Å². The lowest BCUT2D eigenvalue weighted by atomic mass is 9.83. The Hall–Kier alpha value is -1.70. The number of hydrogen-bond acceptors (Lipinski definition) is 2. The van der Waals surface area contributed by atoms with Crippen molar-refractivity contribution in [3.63, 3.8) is 0 Å². The van der Waals surface area contributed by atoms with Crippen molar-refractivity contribution in [3.05, 3.63) is 60.2 Å². The third-order valence-corrected chi connectivity index (χ3v) is 4.21. The Kier molecular flexibility index (Phi) is 3.87. The van der Waals surface area contributed by atoms with Crippen LogP contribution in [0.1, 0.15) is 42.9 Å². The predicted molar refractivity (Wildman–Crippen MR) is 76.9 cm³/mol. The lowest BCUT2D eigenvalue weighted by Gasteiger charge is -2.23. The first-order chi connectivity index (χ1) is 9.43. The van der Waals surface area contributed by atoms with Crippen molar-refractivity contribution in [2.75, 3.05) is 0 Å². The van der Waals surface area contributed by atoms with Crippen molar-refractivity contribution >= 4 is 0 Å². The van der Waals surface area contributed by atoms with Crippen LogP contribution < -0.4 is 0 Å². The summed E-state index contributed by atoms with van der Waals surface area (Å²) >= 11 is 0. The maximum atomic E-state index is 4.60. The number of aromatic nitrogens is 2. The van der Waals surface area contributed by atoms with Gasteiger partial charge >= 0.3 is 0 Å². The predicted octanol–water partition coefficient (Wildman–Crippen LogP) is 3.99. The smallest absolute Gasteiger partial charge is 0.0440 e. The number of hydrogen-bond donors (Lipinski definition) is 0. The highest BCUT2D eigenvalue weighted by Crippen LogP contribution is 2.38. The van der Waals surface area contributed by atoms with Gasteiger partial charge in [-0.2, -0.15) is 0 Å². The van der Waals surface area contributed by atoms with Crippen molar-refractivity contribution in [2.45, 2.75) is 38.0 Å². The molecule has 1 aliphatic rings. The molecule has 0 amide bonds. The van der Waals surface area contributed by atoms with Gasteiger partial charge in [-0.05, 0) is 48.9 Å². The Morgan fingerprint density at radius 1 is 1.05 bits per heavy atom. The van der Waals surface area contributed by atoms with Crippen LogP contribution in [-0.4, -0.2) is 9.97 Å². The van der Waals surface area contributed by atoms with Gasteiger partial charge in [-0.3, -0.25) is 9.97 Å². The van der Waals surface area contributed by atoms with E-state index in [0.717, 1.165) is 12.3 Å². The first-order valence-electron chi connectivity index (χ1n) is 7.23. The van der Waals surface area contributed by atoms with Gasteiger partial charge in [-0.1, -0.05) is 25.0 Å². The molecule has 0 bridgehead atoms. The van der Waals surface area contributed by atoms with Gasteiger partial charge in [0.15, 0.2) is 0 Å². The molecule has 1 saturated carbocycles. The average molecular weight is 252 g/mol. The molecular weight excluding hydrogens is 232 g/mol. The quantitative estimate of drug-likeness (QED) is 0.822. The minimum absolute atomic E-state index is 0.549. The van der Waals surface area contributed by atoms with Crippen LogP contribution in [0.3, 0.4) is 0 Å². The fraction of sp³-hybridized carbons (Fsp3) is 0.412. The molecule has 1 fully saturated rings. The normalized spacial score (nSPS) is 17.5. The fourth-order valence-electron chi connectivity index (χ4n) is 3.24. The average Bonchev–Trinajstić information content (AvgIpc) is 3.01. The summed E-state index contributed by atoms with van der Waals surface area (Å²) in [6.45, 7) is 0. The second-order valence-electron chi connectivity index (χ2n) is 5.47. The van der Waals surface area contributed by atoms with Crippen molar-refractivity contribution < 1.29 is 0 Å². The molecule has 2 aromatic rings. The van der Waals surface area contributed by atoms with E-state index in [2.05, 4.69) is 28.2 Å². The van der Waals surface area contributed by atoms with Crippen molar-refractivity contribution in [1.82, 2.24) is 9.97 Å². The third-order valence-electron chi connectivity index (χ3n) is 4.21. The molecule has 1 unspecified atom stereocenters. The summed E-state index contributed by atoms with van der Waals surface area (Å²) in [6.07, 6.45) is 12.3. The number of pyridine rings is 2. The summed E-state index contributed by atoms with van der Waals surface area (Å²) in [7, 11) is 0. The minimum atomic E-state index is 0.549. The molecule has 2 aromatic heterocycles. The van der Waals surface area contributed by atoms with Crippen molar-refractivity contribution in [1.29, 1.82) is 0 Å². The van der Waals surface area contributed by atoms with E-state index in [4.69, 9.17) is 0 Å². The SMILES string of the molecule is c1ccc(C(Cc2cccnc2)C2CCCC2)nc1. The number of rotatable bonds is 4. The van der Waals surface area contributed by atoms with Gasteiger partial charge in [0.25, 0.3) is 0 Å². The summed E-state index contributed by atoms with van der Waals surface area (Å²) in [5, 5.41) is 0. The van der Waals surface area contributed by atoms with Gasteiger partial charge in [0.05, 0.1) is 0 Å². The second-order valence-corrected chi connectivity index (χ2v) is 5.47. The summed E-state index contributed by atoms with van der Waals surface area (Å²) in [5.41, 5.74) is 2.57. The molecule has 2 nitrogen and oxygen atoms in total. The Balaban J connectivity index is 1.84. The second kappa shape index (κ2) is 5.96. The molecule has 0 aliphatic heterocycles. The molecular formula is C17H20N2. The van der Waals surface area contributed by atoms with Gasteiger partial charge < -0.3 is 0 Å². The van der Waals surface area contributed by atoms with E-state index in [1.165, 1.54) is 36.9 Å². The Morgan fingerprint density at radius 3 is 2.63 bits per heavy atom. The fourth-order valence-corrected chi connectivity index (χ4v) is 3.24. The highest BCUT2D eigenvalue weighted by atomic mass is 14.7. The molecule has 98 valence electrons. The zero-order chi connectivity index (χ0) is 12.9. The van der Waals surface area contributed by atoms with Crippen molar-refractivity contribution in [2.24, 2.45) is 5.92 Å². The van der Waals surface area contributed by atoms with Gasteiger partial charge in [0.1, 0.15) is 0 Å². The number of nitrogens with zero attached hydrogens (tertiary/aromatic N) is 2. The Labute approximate surface area is 114 Å². The highest BCUT2D eigenvalue weighted by molar-refractivity contribution is 5.18. The standard InChI is InChI=1S/C17H20N2/c1-2-8-15(7-1)16(17-9-3-4-11-19-17)12-14-6-5-10-18-13-14/h3-6,9-11,13,15-16H,1-2,7-8,12H2. The van der Waals surface area contributed by atoms with Crippen LogP contribution in [-0.2, 0) is 6.42 Å². The highest BCUT2D eigenvalue weighted by Gasteiger charge is 2.27. The summed E-state index contributed by atoms with van der Waals surface area (Å²) < 4.78 is 0. The largest absolute Gasteiger partial charge is 0.264 e. The van der Waals surface area contributed by atoms with Gasteiger partial charge in [0.2, 0.25) is 0 Å². The molecule has 2 heteroatoms. The molecule has 0 spiro atoms. The molecule has 3 rings (SSSR count). The van der Waals surface area contributed by atoms with E-state index < -0.39 is 0 Å². The first-order valence-corrected chi connectivity index (χ1v) is 7.23. The summed E-state index contributed by atoms with van der Waals surface area (Å²) in [4.78, 5) is 8.84. The van der Waals surface area contributed by atoms with Crippen LogP contribution in [0.25, 0.3) is 0 Å². The van der Waals surface area contributed by atoms with Crippen LogP contribution in [0.15, 0.2) is 48.9 Å². The Bertz CT molecular complexity index is 489. The van der Waals surface area contributed by atoms with Crippen LogP contribution in [0.4, 0.5) is 0 Å². The molecule has 1 aliphatic carbocycles. The van der Waals surface area contributed by atoms with E-state index in [1.54, 1.807) is 0 Å². The molecule has 0 radical (unpaired) electrons. The maximum absolute atomic E-state index is 4.60. The van der Waals surface area contributed by atoms with Crippen molar-refractivity contribution in [3.8, 4) is 0 Å². The monoisotopic (exact) mass is 252 g/mol. The molecule has 0 N–H and O–H groups in total. The van der Waals surface area contributed by atoms with Crippen LogP contribution in [0.2, 0.25) is 0 Å². The minimum Gasteiger partial charge on any atom is -0.264 e. The summed E-state index contributed by atoms with van der Waals surface area (Å²) in [5.74, 6) is 1.34. The molecule has 1 atom stereocenters. The topological polar surface area (TPSA) is 25.8 Å². The van der Waals surface area contributed by atoms with Gasteiger partial charge in [0, 0.05) is 30.2 Å². The lowest BCUT2D eigenvalue weighted by molar-refractivity contribution is 0.423. The molecule has 0 saturated heterocycles. The zero-order valence-electron chi connectivity index (χ0n) is 11.2. The maximum Gasteiger partial charge on any atom is 0.0440 e. The van der Waals surface area contributed by atoms with E-state index >= 15 is 0 Å². The van der Waals surface area contributed by atoms with E-state index in [1.807, 2.05) is 30.7 Å². The van der Waals surface area contributed by atoms with E-state index in [-0.39, 0.29) is 0 Å². The van der Waals surface area contributed by atoms with E-state index in [0.29, 0.717) is 5.92 Å². The zero-order valence-corrected chi connectivity index (χ0v) is 11.2. The first kappa shape index (κ1) is 12.3. The lowest BCUT2D eigenvalue weighted by Crippen LogP contribution is -2.14. The molecule has 0 aromatic carbocycles.